The third-order valence-electron chi connectivity index (χ3n) is 4.56. The molecule has 1 amide bonds. The number of hydrogen-bond acceptors (Lipinski definition) is 3. The number of amides is 1. The van der Waals surface area contributed by atoms with E-state index in [1.165, 1.54) is 6.07 Å². The minimum atomic E-state index is -0.526. The van der Waals surface area contributed by atoms with Crippen molar-refractivity contribution in [2.45, 2.75) is 64.3 Å². The second-order valence-corrected chi connectivity index (χ2v) is 7.55. The number of aliphatic hydroxyl groups excluding tert-OH is 1. The minimum absolute atomic E-state index is 0.0435. The number of rotatable bonds is 2. The summed E-state index contributed by atoms with van der Waals surface area (Å²) in [5.74, 6) is -0.288. The maximum absolute atomic E-state index is 14.2. The van der Waals surface area contributed by atoms with Crippen LogP contribution in [0.5, 0.6) is 0 Å². The van der Waals surface area contributed by atoms with Crippen molar-refractivity contribution in [1.29, 1.82) is 0 Å². The van der Waals surface area contributed by atoms with Crippen LogP contribution in [-0.2, 0) is 11.3 Å². The molecule has 0 saturated carbocycles. The van der Waals surface area contributed by atoms with Crippen LogP contribution >= 0.6 is 0 Å². The lowest BCUT2D eigenvalue weighted by atomic mass is 9.93. The maximum atomic E-state index is 14.2. The molecule has 2 atom stereocenters. The lowest BCUT2D eigenvalue weighted by molar-refractivity contribution is 0.0175. The molecular weight excluding hydrogens is 309 g/mol. The van der Waals surface area contributed by atoms with Gasteiger partial charge in [0, 0.05) is 11.6 Å². The standard InChI is InChI=1S/C19H24FNO3/c1-19(2,3)24-18(23)21-14-5-6-15(21)10-13(9-14)16-8-12(11-22)4-7-17(16)20/h4,7-9,14-15,22H,5-6,10-11H2,1-3H3. The Morgan fingerprint density at radius 3 is 2.75 bits per heavy atom. The summed E-state index contributed by atoms with van der Waals surface area (Å²) in [6.07, 6.45) is 4.06. The number of benzene rings is 1. The van der Waals surface area contributed by atoms with Crippen molar-refractivity contribution in [3.8, 4) is 0 Å². The molecular formula is C19H24FNO3. The topological polar surface area (TPSA) is 49.8 Å². The largest absolute Gasteiger partial charge is 0.444 e. The molecule has 2 unspecified atom stereocenters. The first kappa shape index (κ1) is 17.0. The number of carbonyl (C=O) groups is 1. The van der Waals surface area contributed by atoms with Gasteiger partial charge in [-0.15, -0.1) is 0 Å². The number of carbonyl (C=O) groups excluding carboxylic acids is 1. The molecule has 0 aromatic heterocycles. The van der Waals surface area contributed by atoms with E-state index in [9.17, 15) is 14.3 Å². The Bertz CT molecular complexity index is 678. The van der Waals surface area contributed by atoms with Crippen molar-refractivity contribution in [3.63, 3.8) is 0 Å². The van der Waals surface area contributed by atoms with Crippen LogP contribution < -0.4 is 0 Å². The molecule has 5 heteroatoms. The maximum Gasteiger partial charge on any atom is 0.411 e. The Morgan fingerprint density at radius 2 is 2.12 bits per heavy atom. The fraction of sp³-hybridized carbons (Fsp3) is 0.526. The molecule has 0 spiro atoms. The van der Waals surface area contributed by atoms with Gasteiger partial charge in [-0.3, -0.25) is 4.90 Å². The molecule has 1 aromatic carbocycles. The highest BCUT2D eigenvalue weighted by Gasteiger charge is 2.41. The Kier molecular flexibility index (Phi) is 4.38. The fourth-order valence-electron chi connectivity index (χ4n) is 3.55. The smallest absolute Gasteiger partial charge is 0.411 e. The molecule has 2 heterocycles. The highest BCUT2D eigenvalue weighted by atomic mass is 19.1. The molecule has 4 nitrogen and oxygen atoms in total. The summed E-state index contributed by atoms with van der Waals surface area (Å²) < 4.78 is 19.7. The number of nitrogens with zero attached hydrogens (tertiary/aromatic N) is 1. The van der Waals surface area contributed by atoms with Crippen LogP contribution in [-0.4, -0.2) is 33.8 Å². The molecule has 2 aliphatic rings. The van der Waals surface area contributed by atoms with Crippen LogP contribution in [0.15, 0.2) is 24.3 Å². The van der Waals surface area contributed by atoms with Gasteiger partial charge in [0.2, 0.25) is 0 Å². The number of hydrogen-bond donors (Lipinski definition) is 1. The number of halogens is 1. The van der Waals surface area contributed by atoms with Crippen molar-refractivity contribution >= 4 is 11.7 Å². The zero-order valence-corrected chi connectivity index (χ0v) is 14.4. The third kappa shape index (κ3) is 3.31. The number of aliphatic hydroxyl groups is 1. The van der Waals surface area contributed by atoms with E-state index in [1.807, 2.05) is 26.8 Å². The molecule has 0 radical (unpaired) electrons. The Labute approximate surface area is 141 Å². The van der Waals surface area contributed by atoms with Crippen LogP contribution in [0.4, 0.5) is 9.18 Å². The summed E-state index contributed by atoms with van der Waals surface area (Å²) in [5, 5.41) is 9.28. The van der Waals surface area contributed by atoms with Gasteiger partial charge in [0.1, 0.15) is 11.4 Å². The average Bonchev–Trinajstić information content (AvgIpc) is 2.77. The van der Waals surface area contributed by atoms with Crippen LogP contribution in [0.2, 0.25) is 0 Å². The van der Waals surface area contributed by atoms with Crippen molar-refractivity contribution in [1.82, 2.24) is 4.90 Å². The second-order valence-electron chi connectivity index (χ2n) is 7.55. The molecule has 1 N–H and O–H groups in total. The SMILES string of the molecule is CC(C)(C)OC(=O)N1C2C=C(c3cc(CO)ccc3F)CC1CC2. The highest BCUT2D eigenvalue weighted by molar-refractivity contribution is 5.75. The molecule has 130 valence electrons. The molecule has 24 heavy (non-hydrogen) atoms. The van der Waals surface area contributed by atoms with Gasteiger partial charge in [-0.05, 0) is 63.3 Å². The van der Waals surface area contributed by atoms with Crippen LogP contribution in [0, 0.1) is 5.82 Å². The molecule has 3 rings (SSSR count). The molecule has 1 saturated heterocycles. The van der Waals surface area contributed by atoms with Gasteiger partial charge >= 0.3 is 6.09 Å². The third-order valence-corrected chi connectivity index (χ3v) is 4.56. The number of fused-ring (bicyclic) bond motifs is 2. The lowest BCUT2D eigenvalue weighted by Crippen LogP contribution is -2.45. The minimum Gasteiger partial charge on any atom is -0.444 e. The van der Waals surface area contributed by atoms with Crippen molar-refractivity contribution in [2.75, 3.05) is 0 Å². The highest BCUT2D eigenvalue weighted by Crippen LogP contribution is 2.40. The van der Waals surface area contributed by atoms with Gasteiger partial charge < -0.3 is 9.84 Å². The molecule has 0 aliphatic carbocycles. The summed E-state index contributed by atoms with van der Waals surface area (Å²) in [4.78, 5) is 14.2. The van der Waals surface area contributed by atoms with E-state index in [1.54, 1.807) is 17.0 Å². The normalized spacial score (nSPS) is 23.2. The second kappa shape index (κ2) is 6.20. The summed E-state index contributed by atoms with van der Waals surface area (Å²) in [6.45, 7) is 5.45. The Balaban J connectivity index is 1.86. The molecule has 1 aromatic rings. The first-order chi connectivity index (χ1) is 11.3. The molecule has 2 aliphatic heterocycles. The van der Waals surface area contributed by atoms with Crippen molar-refractivity contribution in [3.05, 3.63) is 41.2 Å². The first-order valence-corrected chi connectivity index (χ1v) is 8.40. The van der Waals surface area contributed by atoms with E-state index in [0.717, 1.165) is 18.4 Å². The van der Waals surface area contributed by atoms with E-state index in [0.29, 0.717) is 17.5 Å². The molecule has 1 fully saturated rings. The van der Waals surface area contributed by atoms with Crippen molar-refractivity contribution < 1.29 is 19.0 Å². The summed E-state index contributed by atoms with van der Waals surface area (Å²) in [7, 11) is 0. The number of ether oxygens (including phenoxy) is 1. The first-order valence-electron chi connectivity index (χ1n) is 8.40. The molecule has 2 bridgehead atoms. The van der Waals surface area contributed by atoms with Gasteiger partial charge in [0.05, 0.1) is 12.6 Å². The summed E-state index contributed by atoms with van der Waals surface area (Å²) in [5.41, 5.74) is 1.61. The van der Waals surface area contributed by atoms with Crippen molar-refractivity contribution in [2.24, 2.45) is 0 Å². The summed E-state index contributed by atoms with van der Waals surface area (Å²) >= 11 is 0. The van der Waals surface area contributed by atoms with Gasteiger partial charge in [-0.2, -0.15) is 0 Å². The lowest BCUT2D eigenvalue weighted by Gasteiger charge is -2.35. The van der Waals surface area contributed by atoms with Gasteiger partial charge in [0.15, 0.2) is 0 Å². The van der Waals surface area contributed by atoms with E-state index in [4.69, 9.17) is 4.74 Å². The summed E-state index contributed by atoms with van der Waals surface area (Å²) in [6, 6.07) is 4.67. The van der Waals surface area contributed by atoms with Crippen LogP contribution in [0.3, 0.4) is 0 Å². The van der Waals surface area contributed by atoms with E-state index < -0.39 is 5.60 Å². The van der Waals surface area contributed by atoms with Crippen LogP contribution in [0.25, 0.3) is 5.57 Å². The van der Waals surface area contributed by atoms with Gasteiger partial charge in [-0.1, -0.05) is 12.1 Å². The zero-order chi connectivity index (χ0) is 17.5. The Morgan fingerprint density at radius 1 is 1.38 bits per heavy atom. The predicted octanol–water partition coefficient (Wildman–Crippen LogP) is 3.87. The van der Waals surface area contributed by atoms with E-state index >= 15 is 0 Å². The monoisotopic (exact) mass is 333 g/mol. The van der Waals surface area contributed by atoms with Gasteiger partial charge in [0.25, 0.3) is 0 Å². The fourth-order valence-corrected chi connectivity index (χ4v) is 3.55. The average molecular weight is 333 g/mol. The zero-order valence-electron chi connectivity index (χ0n) is 14.4. The predicted molar refractivity (Wildman–Crippen MR) is 89.8 cm³/mol. The Hall–Kier alpha value is -1.88. The quantitative estimate of drug-likeness (QED) is 0.894. The van der Waals surface area contributed by atoms with E-state index in [2.05, 4.69) is 0 Å². The van der Waals surface area contributed by atoms with Crippen LogP contribution in [0.1, 0.15) is 51.2 Å². The van der Waals surface area contributed by atoms with E-state index in [-0.39, 0.29) is 30.6 Å². The van der Waals surface area contributed by atoms with Gasteiger partial charge in [-0.25, -0.2) is 9.18 Å².